The molecular formula is C19H27NO3. The standard InChI is InChI=1S/C17H21NO3.C2H6/c1-20-16-7-13(14-5-11(10-19)8-18-9-14)6-15(12-3-4-12)17(16)21-2;1-2/h5-7,9,12,18-19H,3-4,8,10H2,1-2H3;1-2H3. The van der Waals surface area contributed by atoms with Gasteiger partial charge in [-0.15, -0.1) is 0 Å². The number of ether oxygens (including phenoxy) is 2. The quantitative estimate of drug-likeness (QED) is 0.873. The van der Waals surface area contributed by atoms with Crippen molar-refractivity contribution in [1.29, 1.82) is 0 Å². The summed E-state index contributed by atoms with van der Waals surface area (Å²) in [4.78, 5) is 0. The Bertz CT molecular complexity index is 601. The van der Waals surface area contributed by atoms with Crippen LogP contribution in [-0.4, -0.2) is 32.5 Å². The highest BCUT2D eigenvalue weighted by Crippen LogP contribution is 2.48. The maximum Gasteiger partial charge on any atom is 0.164 e. The number of hydrogen-bond donors (Lipinski definition) is 2. The van der Waals surface area contributed by atoms with Crippen LogP contribution in [0.1, 0.15) is 43.7 Å². The molecule has 2 N–H and O–H groups in total. The predicted molar refractivity (Wildman–Crippen MR) is 94.0 cm³/mol. The average Bonchev–Trinajstić information content (AvgIpc) is 3.47. The smallest absolute Gasteiger partial charge is 0.164 e. The van der Waals surface area contributed by atoms with Gasteiger partial charge in [0.25, 0.3) is 0 Å². The minimum Gasteiger partial charge on any atom is -0.493 e. The first-order valence-corrected chi connectivity index (χ1v) is 8.27. The Labute approximate surface area is 138 Å². The van der Waals surface area contributed by atoms with Gasteiger partial charge in [-0.1, -0.05) is 13.8 Å². The van der Waals surface area contributed by atoms with Gasteiger partial charge in [0.15, 0.2) is 11.5 Å². The molecule has 1 saturated carbocycles. The summed E-state index contributed by atoms with van der Waals surface area (Å²) >= 11 is 0. The summed E-state index contributed by atoms with van der Waals surface area (Å²) in [6.07, 6.45) is 6.43. The Morgan fingerprint density at radius 1 is 1.17 bits per heavy atom. The third-order valence-electron chi connectivity index (χ3n) is 4.01. The fraction of sp³-hybridized carbons (Fsp3) is 0.474. The molecule has 1 aromatic carbocycles. The molecular weight excluding hydrogens is 290 g/mol. The van der Waals surface area contributed by atoms with Gasteiger partial charge in [0.2, 0.25) is 0 Å². The fourth-order valence-corrected chi connectivity index (χ4v) is 2.73. The van der Waals surface area contributed by atoms with Crippen molar-refractivity contribution >= 4 is 5.57 Å². The summed E-state index contributed by atoms with van der Waals surface area (Å²) in [5.74, 6) is 2.19. The maximum atomic E-state index is 9.31. The van der Waals surface area contributed by atoms with E-state index in [1.165, 1.54) is 18.4 Å². The van der Waals surface area contributed by atoms with Crippen molar-refractivity contribution in [3.05, 3.63) is 41.1 Å². The molecule has 4 nitrogen and oxygen atoms in total. The molecule has 1 fully saturated rings. The van der Waals surface area contributed by atoms with Gasteiger partial charge in [0, 0.05) is 18.3 Å². The number of allylic oxidation sites excluding steroid dienone is 2. The van der Waals surface area contributed by atoms with E-state index in [9.17, 15) is 5.11 Å². The largest absolute Gasteiger partial charge is 0.493 e. The van der Waals surface area contributed by atoms with Gasteiger partial charge in [0.1, 0.15) is 0 Å². The van der Waals surface area contributed by atoms with Gasteiger partial charge >= 0.3 is 0 Å². The van der Waals surface area contributed by atoms with Crippen LogP contribution in [0.2, 0.25) is 0 Å². The molecule has 3 rings (SSSR count). The maximum absolute atomic E-state index is 9.31. The third kappa shape index (κ3) is 3.88. The lowest BCUT2D eigenvalue weighted by Gasteiger charge is -2.18. The third-order valence-corrected chi connectivity index (χ3v) is 4.01. The van der Waals surface area contributed by atoms with Gasteiger partial charge < -0.3 is 19.9 Å². The molecule has 1 aliphatic carbocycles. The number of nitrogens with one attached hydrogen (secondary N) is 1. The summed E-state index contributed by atoms with van der Waals surface area (Å²) in [6.45, 7) is 4.77. The zero-order valence-electron chi connectivity index (χ0n) is 14.5. The van der Waals surface area contributed by atoms with E-state index in [2.05, 4.69) is 11.4 Å². The van der Waals surface area contributed by atoms with Crippen LogP contribution in [0.4, 0.5) is 0 Å². The number of aliphatic hydroxyl groups excluding tert-OH is 1. The molecule has 4 heteroatoms. The molecule has 0 radical (unpaired) electrons. The van der Waals surface area contributed by atoms with E-state index < -0.39 is 0 Å². The SMILES string of the molecule is CC.COc1cc(C2=CNCC(CO)=C2)cc(C2CC2)c1OC. The minimum absolute atomic E-state index is 0.0765. The van der Waals surface area contributed by atoms with E-state index >= 15 is 0 Å². The second kappa shape index (κ2) is 8.06. The molecule has 0 aromatic heterocycles. The van der Waals surface area contributed by atoms with E-state index in [0.717, 1.165) is 28.2 Å². The highest BCUT2D eigenvalue weighted by Gasteiger charge is 2.29. The number of dihydropyridines is 1. The van der Waals surface area contributed by atoms with E-state index in [1.54, 1.807) is 14.2 Å². The van der Waals surface area contributed by atoms with Crippen LogP contribution in [0.25, 0.3) is 5.57 Å². The molecule has 0 atom stereocenters. The first kappa shape index (κ1) is 17.4. The lowest BCUT2D eigenvalue weighted by molar-refractivity contribution is 0.328. The predicted octanol–water partition coefficient (Wildman–Crippen LogP) is 3.47. The van der Waals surface area contributed by atoms with E-state index in [-0.39, 0.29) is 6.61 Å². The number of hydrogen-bond acceptors (Lipinski definition) is 4. The molecule has 1 aromatic rings. The topological polar surface area (TPSA) is 50.7 Å². The number of methoxy groups -OCH3 is 2. The van der Waals surface area contributed by atoms with Gasteiger partial charge in [-0.3, -0.25) is 0 Å². The molecule has 0 saturated heterocycles. The van der Waals surface area contributed by atoms with Crippen molar-refractivity contribution in [3.63, 3.8) is 0 Å². The van der Waals surface area contributed by atoms with Crippen LogP contribution in [0.15, 0.2) is 30.0 Å². The van der Waals surface area contributed by atoms with Gasteiger partial charge in [-0.2, -0.15) is 0 Å². The van der Waals surface area contributed by atoms with Gasteiger partial charge in [-0.25, -0.2) is 0 Å². The van der Waals surface area contributed by atoms with Crippen LogP contribution >= 0.6 is 0 Å². The molecule has 126 valence electrons. The fourth-order valence-electron chi connectivity index (χ4n) is 2.73. The lowest BCUT2D eigenvalue weighted by atomic mass is 9.97. The van der Waals surface area contributed by atoms with Crippen molar-refractivity contribution in [2.75, 3.05) is 27.4 Å². The van der Waals surface area contributed by atoms with Crippen molar-refractivity contribution in [2.45, 2.75) is 32.6 Å². The summed E-state index contributed by atoms with van der Waals surface area (Å²) < 4.78 is 11.0. The molecule has 1 aliphatic heterocycles. The molecule has 2 aliphatic rings. The van der Waals surface area contributed by atoms with Crippen molar-refractivity contribution in [3.8, 4) is 11.5 Å². The molecule has 23 heavy (non-hydrogen) atoms. The number of aliphatic hydroxyl groups is 1. The summed E-state index contributed by atoms with van der Waals surface area (Å²) in [7, 11) is 3.36. The Morgan fingerprint density at radius 2 is 1.91 bits per heavy atom. The van der Waals surface area contributed by atoms with Crippen molar-refractivity contribution in [2.24, 2.45) is 0 Å². The molecule has 0 spiro atoms. The second-order valence-corrected chi connectivity index (χ2v) is 5.52. The highest BCUT2D eigenvalue weighted by atomic mass is 16.5. The lowest BCUT2D eigenvalue weighted by Crippen LogP contribution is -2.16. The number of rotatable bonds is 5. The molecule has 0 amide bonds. The first-order chi connectivity index (χ1) is 11.3. The van der Waals surface area contributed by atoms with Crippen LogP contribution in [0, 0.1) is 0 Å². The van der Waals surface area contributed by atoms with Gasteiger partial charge in [-0.05, 0) is 53.7 Å². The summed E-state index contributed by atoms with van der Waals surface area (Å²) in [5.41, 5.74) is 4.35. The second-order valence-electron chi connectivity index (χ2n) is 5.52. The minimum atomic E-state index is 0.0765. The first-order valence-electron chi connectivity index (χ1n) is 8.27. The van der Waals surface area contributed by atoms with E-state index in [1.807, 2.05) is 32.2 Å². The van der Waals surface area contributed by atoms with E-state index in [4.69, 9.17) is 9.47 Å². The van der Waals surface area contributed by atoms with Crippen LogP contribution in [-0.2, 0) is 0 Å². The van der Waals surface area contributed by atoms with Crippen LogP contribution in [0.3, 0.4) is 0 Å². The summed E-state index contributed by atoms with van der Waals surface area (Å²) in [5, 5.41) is 12.5. The molecule has 0 bridgehead atoms. The van der Waals surface area contributed by atoms with Crippen LogP contribution in [0.5, 0.6) is 11.5 Å². The zero-order valence-corrected chi connectivity index (χ0v) is 14.5. The normalized spacial score (nSPS) is 16.4. The molecule has 1 heterocycles. The number of benzene rings is 1. The zero-order chi connectivity index (χ0) is 16.8. The van der Waals surface area contributed by atoms with Gasteiger partial charge in [0.05, 0.1) is 20.8 Å². The summed E-state index contributed by atoms with van der Waals surface area (Å²) in [6, 6.07) is 4.18. The van der Waals surface area contributed by atoms with Crippen molar-refractivity contribution in [1.82, 2.24) is 5.32 Å². The van der Waals surface area contributed by atoms with E-state index in [0.29, 0.717) is 12.5 Å². The monoisotopic (exact) mass is 317 g/mol. The van der Waals surface area contributed by atoms with Crippen LogP contribution < -0.4 is 14.8 Å². The Kier molecular flexibility index (Phi) is 6.11. The van der Waals surface area contributed by atoms with Crippen molar-refractivity contribution < 1.29 is 14.6 Å². The Morgan fingerprint density at radius 3 is 2.48 bits per heavy atom. The highest BCUT2D eigenvalue weighted by molar-refractivity contribution is 5.78. The Balaban J connectivity index is 0.000000924. The molecule has 0 unspecified atom stereocenters. The Hall–Kier alpha value is -1.94. The average molecular weight is 317 g/mol.